The van der Waals surface area contributed by atoms with E-state index in [4.69, 9.17) is 14.7 Å². The number of hydrogen-bond acceptors (Lipinski definition) is 7. The van der Waals surface area contributed by atoms with E-state index in [0.717, 1.165) is 25.7 Å². The third kappa shape index (κ3) is 5.99. The summed E-state index contributed by atoms with van der Waals surface area (Å²) in [6.45, 7) is 1.36. The van der Waals surface area contributed by atoms with Crippen LogP contribution in [0.3, 0.4) is 0 Å². The number of fused-ring (bicyclic) bond motifs is 2. The summed E-state index contributed by atoms with van der Waals surface area (Å²) in [5.41, 5.74) is 0.595. The number of oxime groups is 1. The fourth-order valence-corrected chi connectivity index (χ4v) is 7.33. The van der Waals surface area contributed by atoms with Crippen LogP contribution in [0, 0.1) is 11.8 Å². The molecule has 2 aliphatic rings. The van der Waals surface area contributed by atoms with E-state index in [-0.39, 0.29) is 22.4 Å². The minimum atomic E-state index is -3.94. The number of carbonyl (C=O) groups is 1. The van der Waals surface area contributed by atoms with Crippen LogP contribution < -0.4 is 9.46 Å². The first-order valence-electron chi connectivity index (χ1n) is 11.0. The maximum atomic E-state index is 13.1. The number of nitrogens with one attached hydrogen (secondary N) is 1. The Bertz CT molecular complexity index is 1250. The number of aliphatic carboxylic acids is 1. The van der Waals surface area contributed by atoms with Crippen molar-refractivity contribution in [1.29, 1.82) is 0 Å². The Morgan fingerprint density at radius 1 is 1.20 bits per heavy atom. The Balaban J connectivity index is 1.51. The topological polar surface area (TPSA) is 135 Å². The Kier molecular flexibility index (Phi) is 7.74. The molecule has 2 fully saturated rings. The van der Waals surface area contributed by atoms with E-state index < -0.39 is 22.1 Å². The van der Waals surface area contributed by atoms with Crippen LogP contribution in [-0.2, 0) is 19.7 Å². The molecule has 0 aromatic heterocycles. The van der Waals surface area contributed by atoms with E-state index in [9.17, 15) is 18.3 Å². The molecule has 4 atom stereocenters. The fourth-order valence-electron chi connectivity index (χ4n) is 4.52. The molecule has 1 unspecified atom stereocenters. The Hall–Kier alpha value is -2.15. The van der Waals surface area contributed by atoms with Crippen molar-refractivity contribution < 1.29 is 33.0 Å². The smallest absolute Gasteiger partial charge is 0.347 e. The first-order valence-corrected chi connectivity index (χ1v) is 14.0. The van der Waals surface area contributed by atoms with Gasteiger partial charge in [0.05, 0.1) is 15.2 Å². The van der Waals surface area contributed by atoms with E-state index in [2.05, 4.69) is 41.7 Å². The number of carboxylic acid groups (broad SMARTS) is 1. The van der Waals surface area contributed by atoms with Crippen molar-refractivity contribution >= 4 is 54.1 Å². The number of carboxylic acids is 1. The van der Waals surface area contributed by atoms with Crippen molar-refractivity contribution in [3.05, 3.63) is 44.8 Å². The average Bonchev–Trinajstić information content (AvgIpc) is 3.40. The standard InChI is InChI=1S/C23H24Br2N2O7S/c1-12(23(29)30)34-26-11-14-7-17(24)22(18(25)8-14)33-16-4-5-20(28)21(10-16)35(31,32)27-19-9-13-2-3-15(19)6-13/h4-5,7-8,10-13,15,19,27-28H,2-3,6,9H2,1H3,(H,29,30)/b26-11+/t12?,13-,15-,19+/m0/s1. The summed E-state index contributed by atoms with van der Waals surface area (Å²) in [6, 6.07) is 7.29. The van der Waals surface area contributed by atoms with Crippen LogP contribution in [0.15, 0.2) is 49.3 Å². The molecule has 2 saturated carbocycles. The highest BCUT2D eigenvalue weighted by Gasteiger charge is 2.41. The molecule has 0 aliphatic heterocycles. The molecule has 12 heteroatoms. The summed E-state index contributed by atoms with van der Waals surface area (Å²) in [5.74, 6) is 0.0333. The minimum Gasteiger partial charge on any atom is -0.507 e. The van der Waals surface area contributed by atoms with Gasteiger partial charge in [0.25, 0.3) is 0 Å². The lowest BCUT2D eigenvalue weighted by Gasteiger charge is -2.23. The maximum absolute atomic E-state index is 13.1. The lowest BCUT2D eigenvalue weighted by Crippen LogP contribution is -2.38. The first-order chi connectivity index (χ1) is 16.5. The summed E-state index contributed by atoms with van der Waals surface area (Å²) >= 11 is 6.83. The van der Waals surface area contributed by atoms with Crippen LogP contribution in [0.2, 0.25) is 0 Å². The molecule has 2 aromatic rings. The van der Waals surface area contributed by atoms with Crippen molar-refractivity contribution in [1.82, 2.24) is 4.72 Å². The van der Waals surface area contributed by atoms with Crippen LogP contribution in [0.5, 0.6) is 17.2 Å². The van der Waals surface area contributed by atoms with Gasteiger partial charge in [0.2, 0.25) is 16.1 Å². The SMILES string of the molecule is CC(O/N=C/c1cc(Br)c(Oc2ccc(O)c(S(=O)(=O)N[C@@H]3C[C@H]4CC[C@H]3C4)c2)c(Br)c1)C(=O)O. The van der Waals surface area contributed by atoms with Gasteiger partial charge in [-0.2, -0.15) is 0 Å². The number of phenolic OH excluding ortho intramolecular Hbond substituents is 1. The van der Waals surface area contributed by atoms with Crippen LogP contribution in [0.1, 0.15) is 38.2 Å². The van der Waals surface area contributed by atoms with Crippen LogP contribution >= 0.6 is 31.9 Å². The average molecular weight is 632 g/mol. The van der Waals surface area contributed by atoms with E-state index in [0.29, 0.717) is 32.1 Å². The molecular formula is C23H24Br2N2O7S. The molecule has 2 bridgehead atoms. The maximum Gasteiger partial charge on any atom is 0.347 e. The lowest BCUT2D eigenvalue weighted by atomic mass is 9.96. The van der Waals surface area contributed by atoms with Gasteiger partial charge in [0.15, 0.2) is 5.75 Å². The van der Waals surface area contributed by atoms with E-state index in [1.165, 1.54) is 31.3 Å². The summed E-state index contributed by atoms with van der Waals surface area (Å²) in [5, 5.41) is 22.8. The molecule has 2 aromatic carbocycles. The number of ether oxygens (including phenoxy) is 1. The van der Waals surface area contributed by atoms with Gasteiger partial charge in [0.1, 0.15) is 16.4 Å². The second kappa shape index (κ2) is 10.5. The molecule has 188 valence electrons. The van der Waals surface area contributed by atoms with Gasteiger partial charge >= 0.3 is 5.97 Å². The molecule has 4 rings (SSSR count). The van der Waals surface area contributed by atoms with Crippen molar-refractivity contribution in [2.45, 2.75) is 49.6 Å². The lowest BCUT2D eigenvalue weighted by molar-refractivity contribution is -0.149. The Morgan fingerprint density at radius 2 is 1.91 bits per heavy atom. The van der Waals surface area contributed by atoms with Gasteiger partial charge in [-0.05, 0) is 99.7 Å². The van der Waals surface area contributed by atoms with Crippen molar-refractivity contribution in [2.24, 2.45) is 17.0 Å². The molecular weight excluding hydrogens is 608 g/mol. The third-order valence-corrected chi connectivity index (χ3v) is 8.97. The van der Waals surface area contributed by atoms with Crippen molar-refractivity contribution in [3.8, 4) is 17.2 Å². The van der Waals surface area contributed by atoms with Gasteiger partial charge in [0, 0.05) is 12.1 Å². The summed E-state index contributed by atoms with van der Waals surface area (Å²) in [6.07, 6.45) is 4.33. The van der Waals surface area contributed by atoms with Crippen LogP contribution in [0.4, 0.5) is 0 Å². The number of phenols is 1. The van der Waals surface area contributed by atoms with E-state index in [1.807, 2.05) is 0 Å². The second-order valence-electron chi connectivity index (χ2n) is 8.77. The number of sulfonamides is 1. The van der Waals surface area contributed by atoms with E-state index in [1.54, 1.807) is 12.1 Å². The fraction of sp³-hybridized carbons (Fsp3) is 0.391. The molecule has 35 heavy (non-hydrogen) atoms. The summed E-state index contributed by atoms with van der Waals surface area (Å²) in [7, 11) is -3.94. The molecule has 0 saturated heterocycles. The number of nitrogens with zero attached hydrogens (tertiary/aromatic N) is 1. The zero-order chi connectivity index (χ0) is 25.3. The van der Waals surface area contributed by atoms with Crippen LogP contribution in [-0.4, -0.2) is 43.0 Å². The molecule has 0 spiro atoms. The van der Waals surface area contributed by atoms with Gasteiger partial charge in [-0.15, -0.1) is 0 Å². The summed E-state index contributed by atoms with van der Waals surface area (Å²) in [4.78, 5) is 15.4. The highest BCUT2D eigenvalue weighted by atomic mass is 79.9. The third-order valence-electron chi connectivity index (χ3n) is 6.27. The largest absolute Gasteiger partial charge is 0.507 e. The second-order valence-corrected chi connectivity index (χ2v) is 12.2. The normalized spacial score (nSPS) is 22.4. The molecule has 0 radical (unpaired) electrons. The number of halogens is 2. The Morgan fingerprint density at radius 3 is 2.51 bits per heavy atom. The monoisotopic (exact) mass is 630 g/mol. The number of benzene rings is 2. The molecule has 2 aliphatic carbocycles. The predicted octanol–water partition coefficient (Wildman–Crippen LogP) is 5.00. The zero-order valence-corrected chi connectivity index (χ0v) is 22.6. The Labute approximate surface area is 219 Å². The number of hydrogen-bond donors (Lipinski definition) is 3. The molecule has 3 N–H and O–H groups in total. The summed E-state index contributed by atoms with van der Waals surface area (Å²) < 4.78 is 35.9. The molecule has 0 amide bonds. The highest BCUT2D eigenvalue weighted by molar-refractivity contribution is 9.11. The molecule has 9 nitrogen and oxygen atoms in total. The first kappa shape index (κ1) is 25.9. The van der Waals surface area contributed by atoms with E-state index >= 15 is 0 Å². The van der Waals surface area contributed by atoms with Crippen molar-refractivity contribution in [2.75, 3.05) is 0 Å². The minimum absolute atomic E-state index is 0.109. The number of aromatic hydroxyl groups is 1. The molecule has 0 heterocycles. The van der Waals surface area contributed by atoms with Crippen molar-refractivity contribution in [3.63, 3.8) is 0 Å². The van der Waals surface area contributed by atoms with Gasteiger partial charge in [-0.25, -0.2) is 17.9 Å². The van der Waals surface area contributed by atoms with Gasteiger partial charge in [-0.1, -0.05) is 11.6 Å². The zero-order valence-electron chi connectivity index (χ0n) is 18.6. The van der Waals surface area contributed by atoms with Gasteiger partial charge in [-0.3, -0.25) is 0 Å². The predicted molar refractivity (Wildman–Crippen MR) is 135 cm³/mol. The number of rotatable bonds is 9. The highest BCUT2D eigenvalue weighted by Crippen LogP contribution is 2.45. The van der Waals surface area contributed by atoms with Gasteiger partial charge < -0.3 is 19.8 Å². The van der Waals surface area contributed by atoms with Crippen LogP contribution in [0.25, 0.3) is 0 Å². The quantitative estimate of drug-likeness (QED) is 0.262.